The Kier molecular flexibility index (Phi) is 9.66. The number of hydrogen-bond acceptors (Lipinski definition) is 6. The van der Waals surface area contributed by atoms with Crippen LogP contribution in [0.2, 0.25) is 0 Å². The van der Waals surface area contributed by atoms with Crippen LogP contribution in [0, 0.1) is 11.8 Å². The van der Waals surface area contributed by atoms with Crippen molar-refractivity contribution in [3.8, 4) is 17.2 Å². The van der Waals surface area contributed by atoms with Crippen molar-refractivity contribution in [2.24, 2.45) is 11.8 Å². The van der Waals surface area contributed by atoms with Crippen LogP contribution in [0.1, 0.15) is 37.9 Å². The summed E-state index contributed by atoms with van der Waals surface area (Å²) in [5, 5.41) is 0. The van der Waals surface area contributed by atoms with Gasteiger partial charge in [-0.25, -0.2) is 0 Å². The number of aromatic nitrogens is 1. The highest BCUT2D eigenvalue weighted by molar-refractivity contribution is 7.80. The first-order valence-electron chi connectivity index (χ1n) is 10.3. The molecule has 6 heteroatoms. The zero-order chi connectivity index (χ0) is 22.8. The first kappa shape index (κ1) is 24.5. The van der Waals surface area contributed by atoms with E-state index in [2.05, 4.69) is 18.8 Å². The van der Waals surface area contributed by atoms with Gasteiger partial charge in [0.2, 0.25) is 5.75 Å². The van der Waals surface area contributed by atoms with Crippen LogP contribution in [0.4, 0.5) is 0 Å². The molecule has 0 fully saturated rings. The number of allylic oxidation sites excluding steroid dienone is 1. The fourth-order valence-corrected chi connectivity index (χ4v) is 3.69. The molecule has 2 aromatic rings. The highest BCUT2D eigenvalue weighted by atomic mass is 32.1. The minimum absolute atomic E-state index is 0.0630. The van der Waals surface area contributed by atoms with Gasteiger partial charge in [0.05, 0.1) is 21.3 Å². The van der Waals surface area contributed by atoms with E-state index in [1.54, 1.807) is 39.7 Å². The van der Waals surface area contributed by atoms with Gasteiger partial charge in [0.15, 0.2) is 17.3 Å². The summed E-state index contributed by atoms with van der Waals surface area (Å²) in [6.07, 6.45) is 6.99. The van der Waals surface area contributed by atoms with Crippen LogP contribution in [0.3, 0.4) is 0 Å². The number of ketones is 1. The molecule has 2 rings (SSSR count). The van der Waals surface area contributed by atoms with Crippen LogP contribution in [0.15, 0.2) is 42.6 Å². The second-order valence-electron chi connectivity index (χ2n) is 7.71. The summed E-state index contributed by atoms with van der Waals surface area (Å²) in [5.74, 6) is 2.22. The number of pyridine rings is 1. The van der Waals surface area contributed by atoms with Gasteiger partial charge in [0.1, 0.15) is 0 Å². The number of carbonyl (C=O) groups is 1. The monoisotopic (exact) mass is 441 g/mol. The number of thiocarbonyl (C=S) groups is 1. The molecule has 0 saturated heterocycles. The number of ether oxygens (including phenoxy) is 3. The molecule has 1 aromatic heterocycles. The van der Waals surface area contributed by atoms with Crippen molar-refractivity contribution in [3.63, 3.8) is 0 Å². The molecule has 0 N–H and O–H groups in total. The number of benzene rings is 1. The molecule has 31 heavy (non-hydrogen) atoms. The highest BCUT2D eigenvalue weighted by Crippen LogP contribution is 2.38. The normalized spacial score (nSPS) is 12.1. The predicted molar refractivity (Wildman–Crippen MR) is 128 cm³/mol. The molecule has 0 spiro atoms. The number of methoxy groups -OCH3 is 3. The van der Waals surface area contributed by atoms with E-state index in [1.165, 1.54) is 0 Å². The fraction of sp³-hybridized carbons (Fsp3) is 0.400. The predicted octanol–water partition coefficient (Wildman–Crippen LogP) is 5.35. The van der Waals surface area contributed by atoms with Gasteiger partial charge in [-0.2, -0.15) is 0 Å². The van der Waals surface area contributed by atoms with Gasteiger partial charge in [-0.1, -0.05) is 38.2 Å². The smallest absolute Gasteiger partial charge is 0.203 e. The maximum absolute atomic E-state index is 12.7. The van der Waals surface area contributed by atoms with Gasteiger partial charge >= 0.3 is 0 Å². The van der Waals surface area contributed by atoms with E-state index in [-0.39, 0.29) is 11.7 Å². The van der Waals surface area contributed by atoms with Crippen molar-refractivity contribution in [3.05, 3.63) is 53.9 Å². The van der Waals surface area contributed by atoms with Crippen molar-refractivity contribution < 1.29 is 19.0 Å². The van der Waals surface area contributed by atoms with E-state index >= 15 is 0 Å². The number of nitrogens with zero attached hydrogens (tertiary/aromatic N) is 1. The number of hydrogen-bond donors (Lipinski definition) is 0. The first-order chi connectivity index (χ1) is 14.9. The molecular formula is C25H31NO4S. The molecule has 1 unspecified atom stereocenters. The van der Waals surface area contributed by atoms with Gasteiger partial charge in [-0.05, 0) is 59.0 Å². The van der Waals surface area contributed by atoms with Crippen LogP contribution in [0.5, 0.6) is 17.2 Å². The Balaban J connectivity index is 2.04. The first-order valence-corrected chi connectivity index (χ1v) is 10.7. The van der Waals surface area contributed by atoms with Crippen molar-refractivity contribution in [2.75, 3.05) is 21.3 Å². The standard InChI is InChI=1S/C25H31NO4S/c1-17(2)19(15-22(31)16-20-8-6-7-11-26-20)14-21(27)10-9-18-12-23(28-3)25(30-5)24(13-18)29-4/h6-13,17,19H,14-16H2,1-5H3/b10-9+. The largest absolute Gasteiger partial charge is 0.493 e. The van der Waals surface area contributed by atoms with Gasteiger partial charge in [0, 0.05) is 24.7 Å². The zero-order valence-electron chi connectivity index (χ0n) is 18.9. The Morgan fingerprint density at radius 3 is 2.26 bits per heavy atom. The molecule has 166 valence electrons. The minimum atomic E-state index is 0.0630. The number of rotatable bonds is 12. The summed E-state index contributed by atoms with van der Waals surface area (Å²) in [4.78, 5) is 17.9. The number of carbonyl (C=O) groups excluding carboxylic acids is 1. The van der Waals surface area contributed by atoms with E-state index < -0.39 is 0 Å². The molecule has 5 nitrogen and oxygen atoms in total. The lowest BCUT2D eigenvalue weighted by Gasteiger charge is -2.20. The second-order valence-corrected chi connectivity index (χ2v) is 8.28. The van der Waals surface area contributed by atoms with E-state index in [9.17, 15) is 4.79 Å². The Hall–Kier alpha value is -2.73. The third-order valence-electron chi connectivity index (χ3n) is 5.15. The van der Waals surface area contributed by atoms with Crippen LogP contribution >= 0.6 is 12.2 Å². The minimum Gasteiger partial charge on any atom is -0.493 e. The van der Waals surface area contributed by atoms with Crippen LogP contribution in [0.25, 0.3) is 6.08 Å². The van der Waals surface area contributed by atoms with Crippen LogP contribution in [-0.4, -0.2) is 37.0 Å². The summed E-state index contributed by atoms with van der Waals surface area (Å²) in [7, 11) is 4.69. The lowest BCUT2D eigenvalue weighted by Crippen LogP contribution is -2.18. The maximum atomic E-state index is 12.7. The summed E-state index contributed by atoms with van der Waals surface area (Å²) >= 11 is 5.60. The zero-order valence-corrected chi connectivity index (χ0v) is 19.7. The van der Waals surface area contributed by atoms with E-state index in [0.717, 1.165) is 22.5 Å². The van der Waals surface area contributed by atoms with E-state index in [1.807, 2.05) is 30.3 Å². The maximum Gasteiger partial charge on any atom is 0.203 e. The van der Waals surface area contributed by atoms with Gasteiger partial charge in [0.25, 0.3) is 0 Å². The molecule has 0 bridgehead atoms. The summed E-state index contributed by atoms with van der Waals surface area (Å²) in [6.45, 7) is 4.26. The molecule has 0 radical (unpaired) electrons. The molecule has 0 saturated carbocycles. The lowest BCUT2D eigenvalue weighted by molar-refractivity contribution is -0.115. The SMILES string of the molecule is COc1cc(/C=C/C(=O)CC(CC(=S)Cc2ccccn2)C(C)C)cc(OC)c1OC. The summed E-state index contributed by atoms with van der Waals surface area (Å²) in [6, 6.07) is 9.45. The van der Waals surface area contributed by atoms with Crippen molar-refractivity contribution >= 4 is 28.9 Å². The molecule has 0 amide bonds. The molecular weight excluding hydrogens is 410 g/mol. The molecule has 0 aliphatic carbocycles. The van der Waals surface area contributed by atoms with Crippen LogP contribution in [-0.2, 0) is 11.2 Å². The topological polar surface area (TPSA) is 57.7 Å². The van der Waals surface area contributed by atoms with Crippen molar-refractivity contribution in [1.82, 2.24) is 4.98 Å². The Morgan fingerprint density at radius 2 is 1.74 bits per heavy atom. The third-order valence-corrected chi connectivity index (χ3v) is 5.46. The van der Waals surface area contributed by atoms with Crippen molar-refractivity contribution in [1.29, 1.82) is 0 Å². The second kappa shape index (κ2) is 12.2. The van der Waals surface area contributed by atoms with Gasteiger partial charge in [-0.15, -0.1) is 0 Å². The van der Waals surface area contributed by atoms with E-state index in [0.29, 0.717) is 36.0 Å². The Labute approximate surface area is 190 Å². The lowest BCUT2D eigenvalue weighted by atomic mass is 9.86. The fourth-order valence-electron chi connectivity index (χ4n) is 3.33. The molecule has 0 aliphatic rings. The average Bonchev–Trinajstić information content (AvgIpc) is 2.76. The average molecular weight is 442 g/mol. The van der Waals surface area contributed by atoms with Crippen molar-refractivity contribution in [2.45, 2.75) is 33.1 Å². The Morgan fingerprint density at radius 1 is 1.06 bits per heavy atom. The van der Waals surface area contributed by atoms with Crippen LogP contribution < -0.4 is 14.2 Å². The highest BCUT2D eigenvalue weighted by Gasteiger charge is 2.19. The molecule has 1 atom stereocenters. The molecule has 1 aromatic carbocycles. The Bertz CT molecular complexity index is 884. The van der Waals surface area contributed by atoms with E-state index in [4.69, 9.17) is 26.4 Å². The summed E-state index contributed by atoms with van der Waals surface area (Å²) < 4.78 is 16.1. The van der Waals surface area contributed by atoms with Gasteiger partial charge < -0.3 is 14.2 Å². The third kappa shape index (κ3) is 7.47. The molecule has 0 aliphatic heterocycles. The quantitative estimate of drug-likeness (QED) is 0.327. The molecule has 1 heterocycles. The summed E-state index contributed by atoms with van der Waals surface area (Å²) in [5.41, 5.74) is 1.76. The van der Waals surface area contributed by atoms with Gasteiger partial charge in [-0.3, -0.25) is 9.78 Å².